The van der Waals surface area contributed by atoms with E-state index in [1.54, 1.807) is 13.8 Å². The maximum atomic E-state index is 12.9. The standard InChI is InChI=1S/C38H52N6O10/c1-3-51-35(47)27-43(33(45)17-15-29-7-11-31(25-39)12-8-29)21-19-41-37(49)53-23-5-6-24-54-38(50)42-20-22-44(28-36(48)52-4-2)34(46)18-16-30-9-13-32(26-40)14-10-30/h7-14H,3-4,15-28,39-40H2,1-2H3,(H,41,49)(H,42,50). The average Bonchev–Trinajstić information content (AvgIpc) is 3.17. The second-order valence-corrected chi connectivity index (χ2v) is 11.6. The van der Waals surface area contributed by atoms with Crippen LogP contribution in [0.4, 0.5) is 9.59 Å². The topological polar surface area (TPSA) is 222 Å². The van der Waals surface area contributed by atoms with E-state index in [-0.39, 0.29) is 90.4 Å². The molecular weight excluding hydrogens is 700 g/mol. The van der Waals surface area contributed by atoms with E-state index in [9.17, 15) is 28.8 Å². The number of esters is 2. The molecule has 0 saturated heterocycles. The number of rotatable bonds is 22. The van der Waals surface area contributed by atoms with Crippen LogP contribution in [-0.4, -0.2) is 111 Å². The van der Waals surface area contributed by atoms with Crippen molar-refractivity contribution >= 4 is 35.9 Å². The number of carbonyl (C=O) groups is 6. The third-order valence-corrected chi connectivity index (χ3v) is 7.71. The summed E-state index contributed by atoms with van der Waals surface area (Å²) in [4.78, 5) is 76.8. The molecule has 0 aliphatic carbocycles. The fraction of sp³-hybridized carbons (Fsp3) is 0.474. The summed E-state index contributed by atoms with van der Waals surface area (Å²) in [5, 5.41) is 5.01. The Morgan fingerprint density at radius 1 is 0.574 bits per heavy atom. The van der Waals surface area contributed by atoms with Crippen molar-refractivity contribution in [2.75, 3.05) is 65.7 Å². The summed E-state index contributed by atoms with van der Waals surface area (Å²) >= 11 is 0. The summed E-state index contributed by atoms with van der Waals surface area (Å²) < 4.78 is 19.9. The van der Waals surface area contributed by atoms with Gasteiger partial charge in [0.15, 0.2) is 13.2 Å². The number of aryl methyl sites for hydroxylation is 2. The van der Waals surface area contributed by atoms with Gasteiger partial charge in [0.2, 0.25) is 11.8 Å². The predicted octanol–water partition coefficient (Wildman–Crippen LogP) is 1.41. The molecule has 0 bridgehead atoms. The highest BCUT2D eigenvalue weighted by atomic mass is 16.6. The number of amides is 4. The molecule has 0 aliphatic heterocycles. The molecule has 2 aromatic carbocycles. The SMILES string of the molecule is CCOC(=O)CN(CCNC(=O)OCC#CCOC(=O)NCCN(CC(=O)OCC)C(=O)CCc1ccc(CN)cc1)C(=O)CCc1ccc(CN)cc1. The summed E-state index contributed by atoms with van der Waals surface area (Å²) in [7, 11) is 0. The number of alkyl carbamates (subject to hydrolysis) is 2. The van der Waals surface area contributed by atoms with E-state index < -0.39 is 24.1 Å². The van der Waals surface area contributed by atoms with Gasteiger partial charge in [-0.3, -0.25) is 19.2 Å². The summed E-state index contributed by atoms with van der Waals surface area (Å²) in [6.45, 7) is 3.52. The van der Waals surface area contributed by atoms with Crippen LogP contribution < -0.4 is 22.1 Å². The van der Waals surface area contributed by atoms with Gasteiger partial charge in [-0.15, -0.1) is 0 Å². The van der Waals surface area contributed by atoms with Crippen LogP contribution in [0.1, 0.15) is 48.9 Å². The van der Waals surface area contributed by atoms with Gasteiger partial charge >= 0.3 is 24.1 Å². The first-order valence-electron chi connectivity index (χ1n) is 17.8. The molecule has 16 nitrogen and oxygen atoms in total. The minimum absolute atomic E-state index is 0.0116. The van der Waals surface area contributed by atoms with Gasteiger partial charge < -0.3 is 50.8 Å². The number of carbonyl (C=O) groups excluding carboxylic acids is 6. The Morgan fingerprint density at radius 3 is 1.26 bits per heavy atom. The predicted molar refractivity (Wildman–Crippen MR) is 198 cm³/mol. The molecule has 2 rings (SSSR count). The Kier molecular flexibility index (Phi) is 21.6. The molecule has 6 N–H and O–H groups in total. The number of hydrogen-bond donors (Lipinski definition) is 4. The third-order valence-electron chi connectivity index (χ3n) is 7.71. The van der Waals surface area contributed by atoms with Crippen molar-refractivity contribution in [3.63, 3.8) is 0 Å². The van der Waals surface area contributed by atoms with Crippen molar-refractivity contribution in [2.45, 2.75) is 52.6 Å². The molecule has 0 heterocycles. The van der Waals surface area contributed by atoms with Gasteiger partial charge in [0.1, 0.15) is 13.1 Å². The van der Waals surface area contributed by atoms with Crippen LogP contribution >= 0.6 is 0 Å². The average molecular weight is 753 g/mol. The molecule has 4 amide bonds. The summed E-state index contributed by atoms with van der Waals surface area (Å²) in [5.41, 5.74) is 15.1. The second-order valence-electron chi connectivity index (χ2n) is 11.6. The van der Waals surface area contributed by atoms with Crippen LogP contribution in [0, 0.1) is 11.8 Å². The molecule has 0 fully saturated rings. The molecule has 0 unspecified atom stereocenters. The van der Waals surface area contributed by atoms with E-state index in [1.165, 1.54) is 9.80 Å². The van der Waals surface area contributed by atoms with E-state index in [4.69, 9.17) is 30.4 Å². The van der Waals surface area contributed by atoms with Gasteiger partial charge in [-0.1, -0.05) is 60.4 Å². The zero-order valence-corrected chi connectivity index (χ0v) is 31.1. The van der Waals surface area contributed by atoms with Crippen LogP contribution in [-0.2, 0) is 64.1 Å². The highest BCUT2D eigenvalue weighted by molar-refractivity contribution is 5.83. The van der Waals surface area contributed by atoms with Crippen molar-refractivity contribution in [3.05, 3.63) is 70.8 Å². The van der Waals surface area contributed by atoms with Gasteiger partial charge in [-0.05, 0) is 48.9 Å². The van der Waals surface area contributed by atoms with Crippen LogP contribution in [0.3, 0.4) is 0 Å². The molecule has 2 aromatic rings. The zero-order valence-electron chi connectivity index (χ0n) is 31.1. The normalized spacial score (nSPS) is 10.2. The lowest BCUT2D eigenvalue weighted by molar-refractivity contribution is -0.149. The third kappa shape index (κ3) is 18.7. The maximum Gasteiger partial charge on any atom is 0.408 e. The number of benzene rings is 2. The van der Waals surface area contributed by atoms with Crippen molar-refractivity contribution < 1.29 is 47.7 Å². The van der Waals surface area contributed by atoms with Crippen LogP contribution in [0.25, 0.3) is 0 Å². The first-order chi connectivity index (χ1) is 26.1. The maximum absolute atomic E-state index is 12.9. The van der Waals surface area contributed by atoms with E-state index >= 15 is 0 Å². The lowest BCUT2D eigenvalue weighted by Gasteiger charge is -2.22. The van der Waals surface area contributed by atoms with Crippen molar-refractivity contribution in [1.29, 1.82) is 0 Å². The lowest BCUT2D eigenvalue weighted by atomic mass is 10.1. The highest BCUT2D eigenvalue weighted by Gasteiger charge is 2.19. The van der Waals surface area contributed by atoms with Crippen molar-refractivity contribution in [3.8, 4) is 11.8 Å². The van der Waals surface area contributed by atoms with Crippen molar-refractivity contribution in [1.82, 2.24) is 20.4 Å². The second kappa shape index (κ2) is 26.2. The molecule has 0 radical (unpaired) electrons. The fourth-order valence-electron chi connectivity index (χ4n) is 4.80. The lowest BCUT2D eigenvalue weighted by Crippen LogP contribution is -2.42. The Balaban J connectivity index is 1.71. The van der Waals surface area contributed by atoms with Gasteiger partial charge in [0, 0.05) is 52.1 Å². The Hall–Kier alpha value is -5.66. The summed E-state index contributed by atoms with van der Waals surface area (Å²) in [6, 6.07) is 15.2. The number of nitrogens with two attached hydrogens (primary N) is 2. The molecule has 0 atom stereocenters. The first kappa shape index (κ1) is 44.5. The van der Waals surface area contributed by atoms with Crippen molar-refractivity contribution in [2.24, 2.45) is 11.5 Å². The number of nitrogens with one attached hydrogen (secondary N) is 2. The van der Waals surface area contributed by atoms with Crippen LogP contribution in [0.2, 0.25) is 0 Å². The molecule has 54 heavy (non-hydrogen) atoms. The highest BCUT2D eigenvalue weighted by Crippen LogP contribution is 2.09. The van der Waals surface area contributed by atoms with Gasteiger partial charge in [0.25, 0.3) is 0 Å². The molecule has 0 aromatic heterocycles. The monoisotopic (exact) mass is 752 g/mol. The minimum atomic E-state index is -0.794. The number of nitrogens with zero attached hydrogens (tertiary/aromatic N) is 2. The Bertz CT molecular complexity index is 1440. The van der Waals surface area contributed by atoms with Gasteiger partial charge in [-0.25, -0.2) is 9.59 Å². The molecule has 0 saturated carbocycles. The van der Waals surface area contributed by atoms with Crippen LogP contribution in [0.15, 0.2) is 48.5 Å². The minimum Gasteiger partial charge on any atom is -0.465 e. The molecule has 0 aliphatic rings. The van der Waals surface area contributed by atoms with E-state index in [2.05, 4.69) is 22.5 Å². The Labute approximate surface area is 316 Å². The van der Waals surface area contributed by atoms with E-state index in [1.807, 2.05) is 48.5 Å². The largest absolute Gasteiger partial charge is 0.465 e. The fourth-order valence-corrected chi connectivity index (χ4v) is 4.80. The van der Waals surface area contributed by atoms with Gasteiger partial charge in [-0.2, -0.15) is 0 Å². The van der Waals surface area contributed by atoms with Crippen LogP contribution in [0.5, 0.6) is 0 Å². The van der Waals surface area contributed by atoms with E-state index in [0.717, 1.165) is 22.3 Å². The first-order valence-corrected chi connectivity index (χ1v) is 17.8. The quantitative estimate of drug-likeness (QED) is 0.0762. The van der Waals surface area contributed by atoms with Gasteiger partial charge in [0.05, 0.1) is 13.2 Å². The number of hydrogen-bond acceptors (Lipinski definition) is 12. The molecule has 0 spiro atoms. The smallest absolute Gasteiger partial charge is 0.408 e. The molecule has 16 heteroatoms. The summed E-state index contributed by atoms with van der Waals surface area (Å²) in [6.07, 6.45) is -0.350. The van der Waals surface area contributed by atoms with E-state index in [0.29, 0.717) is 25.9 Å². The zero-order chi connectivity index (χ0) is 39.6. The molecule has 294 valence electrons. The Morgan fingerprint density at radius 2 is 0.926 bits per heavy atom. The molecular formula is C38H52N6O10. The number of ether oxygens (including phenoxy) is 4. The summed E-state index contributed by atoms with van der Waals surface area (Å²) in [5.74, 6) is 3.41.